The lowest BCUT2D eigenvalue weighted by Crippen LogP contribution is -2.58. The van der Waals surface area contributed by atoms with E-state index in [1.165, 1.54) is 7.11 Å². The third-order valence-corrected chi connectivity index (χ3v) is 1.83. The first-order valence-corrected chi connectivity index (χ1v) is 3.89. The highest BCUT2D eigenvalue weighted by atomic mass is 16.5. The first-order chi connectivity index (χ1) is 6.54. The van der Waals surface area contributed by atoms with Crippen molar-refractivity contribution < 1.29 is 24.2 Å². The lowest BCUT2D eigenvalue weighted by Gasteiger charge is -2.29. The molecule has 7 heteroatoms. The highest BCUT2D eigenvalue weighted by molar-refractivity contribution is 5.89. The van der Waals surface area contributed by atoms with E-state index in [0.29, 0.717) is 0 Å². The smallest absolute Gasteiger partial charge is 0.407 e. The Bertz CT molecular complexity index is 277. The highest BCUT2D eigenvalue weighted by Gasteiger charge is 2.32. The number of hydrogen-bond donors (Lipinski definition) is 2. The molecule has 1 rings (SSSR count). The molecule has 7 nitrogen and oxygen atoms in total. The van der Waals surface area contributed by atoms with Crippen LogP contribution in [0.25, 0.3) is 0 Å². The predicted molar refractivity (Wildman–Crippen MR) is 43.5 cm³/mol. The normalized spacial score (nSPS) is 21.4. The molecule has 1 heterocycles. The van der Waals surface area contributed by atoms with Gasteiger partial charge in [0.15, 0.2) is 0 Å². The predicted octanol–water partition coefficient (Wildman–Crippen LogP) is -1.36. The van der Waals surface area contributed by atoms with Gasteiger partial charge in [-0.3, -0.25) is 9.69 Å². The van der Waals surface area contributed by atoms with Gasteiger partial charge < -0.3 is 15.2 Å². The molecule has 0 aliphatic carbocycles. The maximum atomic E-state index is 11.0. The fourth-order valence-corrected chi connectivity index (χ4v) is 1.17. The van der Waals surface area contributed by atoms with E-state index in [1.54, 1.807) is 0 Å². The number of carbonyl (C=O) groups excluding carboxylic acids is 2. The largest absolute Gasteiger partial charge is 0.467 e. The Morgan fingerprint density at radius 1 is 1.64 bits per heavy atom. The SMILES string of the molecule is COC(=O)C1CN(C(=O)O)CC(=O)N1. The maximum absolute atomic E-state index is 11.0. The molecule has 0 aromatic rings. The van der Waals surface area contributed by atoms with Gasteiger partial charge in [0.25, 0.3) is 0 Å². The first kappa shape index (κ1) is 10.3. The molecule has 0 spiro atoms. The van der Waals surface area contributed by atoms with Crippen molar-refractivity contribution in [2.24, 2.45) is 0 Å². The van der Waals surface area contributed by atoms with Crippen LogP contribution in [0.4, 0.5) is 4.79 Å². The Kier molecular flexibility index (Phi) is 2.90. The molecule has 0 aromatic carbocycles. The van der Waals surface area contributed by atoms with E-state index < -0.39 is 24.0 Å². The number of piperazine rings is 1. The topological polar surface area (TPSA) is 95.9 Å². The Morgan fingerprint density at radius 2 is 2.29 bits per heavy atom. The molecule has 78 valence electrons. The zero-order valence-corrected chi connectivity index (χ0v) is 7.52. The fourth-order valence-electron chi connectivity index (χ4n) is 1.17. The Labute approximate surface area is 79.6 Å². The molecule has 14 heavy (non-hydrogen) atoms. The average molecular weight is 202 g/mol. The molecule has 1 saturated heterocycles. The summed E-state index contributed by atoms with van der Waals surface area (Å²) in [6.45, 7) is -0.323. The third kappa shape index (κ3) is 2.12. The second kappa shape index (κ2) is 3.95. The van der Waals surface area contributed by atoms with Crippen LogP contribution in [0.5, 0.6) is 0 Å². The Morgan fingerprint density at radius 3 is 2.79 bits per heavy atom. The van der Waals surface area contributed by atoms with Crippen LogP contribution in [-0.4, -0.2) is 54.2 Å². The van der Waals surface area contributed by atoms with Crippen LogP contribution < -0.4 is 5.32 Å². The van der Waals surface area contributed by atoms with Crippen molar-refractivity contribution >= 4 is 18.0 Å². The van der Waals surface area contributed by atoms with Gasteiger partial charge in [-0.1, -0.05) is 0 Å². The molecule has 2 amide bonds. The maximum Gasteiger partial charge on any atom is 0.407 e. The molecule has 1 aliphatic heterocycles. The number of hydrogen-bond acceptors (Lipinski definition) is 4. The summed E-state index contributed by atoms with van der Waals surface area (Å²) < 4.78 is 4.39. The summed E-state index contributed by atoms with van der Waals surface area (Å²) in [4.78, 5) is 33.4. The van der Waals surface area contributed by atoms with Crippen molar-refractivity contribution in [3.8, 4) is 0 Å². The molecule has 1 unspecified atom stereocenters. The molecule has 0 bridgehead atoms. The van der Waals surface area contributed by atoms with Crippen molar-refractivity contribution in [1.29, 1.82) is 0 Å². The molecule has 0 saturated carbocycles. The van der Waals surface area contributed by atoms with Gasteiger partial charge in [-0.2, -0.15) is 0 Å². The van der Waals surface area contributed by atoms with Crippen LogP contribution in [0.15, 0.2) is 0 Å². The minimum absolute atomic E-state index is 0.0756. The van der Waals surface area contributed by atoms with E-state index in [9.17, 15) is 14.4 Å². The average Bonchev–Trinajstić information content (AvgIpc) is 2.15. The van der Waals surface area contributed by atoms with Crippen LogP contribution in [0.1, 0.15) is 0 Å². The second-order valence-electron chi connectivity index (χ2n) is 2.81. The van der Waals surface area contributed by atoms with Gasteiger partial charge in [-0.15, -0.1) is 0 Å². The Balaban J connectivity index is 2.67. The Hall–Kier alpha value is -1.79. The molecular weight excluding hydrogens is 192 g/mol. The minimum Gasteiger partial charge on any atom is -0.467 e. The van der Waals surface area contributed by atoms with Crippen molar-refractivity contribution in [2.75, 3.05) is 20.2 Å². The van der Waals surface area contributed by atoms with E-state index >= 15 is 0 Å². The minimum atomic E-state index is -1.23. The van der Waals surface area contributed by atoms with Crippen LogP contribution in [0.2, 0.25) is 0 Å². The van der Waals surface area contributed by atoms with E-state index in [-0.39, 0.29) is 13.1 Å². The van der Waals surface area contributed by atoms with Gasteiger partial charge in [0.2, 0.25) is 5.91 Å². The summed E-state index contributed by atoms with van der Waals surface area (Å²) in [5.74, 6) is -1.15. The zero-order chi connectivity index (χ0) is 10.7. The number of nitrogens with one attached hydrogen (secondary N) is 1. The van der Waals surface area contributed by atoms with Gasteiger partial charge in [0.1, 0.15) is 12.6 Å². The van der Waals surface area contributed by atoms with Gasteiger partial charge in [-0.05, 0) is 0 Å². The lowest BCUT2D eigenvalue weighted by atomic mass is 10.2. The van der Waals surface area contributed by atoms with Crippen LogP contribution >= 0.6 is 0 Å². The summed E-state index contributed by atoms with van der Waals surface area (Å²) >= 11 is 0. The van der Waals surface area contributed by atoms with Crippen molar-refractivity contribution in [3.63, 3.8) is 0 Å². The molecule has 1 fully saturated rings. The molecule has 1 atom stereocenters. The van der Waals surface area contributed by atoms with Gasteiger partial charge in [0.05, 0.1) is 13.7 Å². The van der Waals surface area contributed by atoms with Gasteiger partial charge >= 0.3 is 12.1 Å². The fraction of sp³-hybridized carbons (Fsp3) is 0.571. The molecule has 2 N–H and O–H groups in total. The first-order valence-electron chi connectivity index (χ1n) is 3.89. The van der Waals surface area contributed by atoms with E-state index in [1.807, 2.05) is 0 Å². The molecular formula is C7H10N2O5. The van der Waals surface area contributed by atoms with E-state index in [4.69, 9.17) is 5.11 Å². The number of esters is 1. The molecule has 1 aliphatic rings. The summed E-state index contributed by atoms with van der Waals surface area (Å²) in [6.07, 6.45) is -1.23. The van der Waals surface area contributed by atoms with E-state index in [2.05, 4.69) is 10.1 Å². The standard InChI is InChI=1S/C7H10N2O5/c1-14-6(11)4-2-9(7(12)13)3-5(10)8-4/h4H,2-3H2,1H3,(H,8,10)(H,12,13). The molecule has 0 aromatic heterocycles. The van der Waals surface area contributed by atoms with Gasteiger partial charge in [-0.25, -0.2) is 9.59 Å². The van der Waals surface area contributed by atoms with Crippen LogP contribution in [0, 0.1) is 0 Å². The number of carbonyl (C=O) groups is 3. The van der Waals surface area contributed by atoms with Crippen molar-refractivity contribution in [3.05, 3.63) is 0 Å². The second-order valence-corrected chi connectivity index (χ2v) is 2.81. The number of amides is 2. The molecule has 0 radical (unpaired) electrons. The number of rotatable bonds is 1. The summed E-state index contributed by atoms with van der Waals surface area (Å²) in [7, 11) is 1.17. The lowest BCUT2D eigenvalue weighted by molar-refractivity contribution is -0.147. The van der Waals surface area contributed by atoms with Crippen LogP contribution in [-0.2, 0) is 14.3 Å². The monoisotopic (exact) mass is 202 g/mol. The number of ether oxygens (including phenoxy) is 1. The summed E-state index contributed by atoms with van der Waals surface area (Å²) in [5, 5.41) is 11.0. The zero-order valence-electron chi connectivity index (χ0n) is 7.52. The van der Waals surface area contributed by atoms with Crippen LogP contribution in [0.3, 0.4) is 0 Å². The highest BCUT2D eigenvalue weighted by Crippen LogP contribution is 2.01. The summed E-state index contributed by atoms with van der Waals surface area (Å²) in [5.41, 5.74) is 0. The number of carboxylic acid groups (broad SMARTS) is 1. The number of methoxy groups -OCH3 is 1. The summed E-state index contributed by atoms with van der Waals surface area (Å²) in [6, 6.07) is -0.905. The van der Waals surface area contributed by atoms with Crippen molar-refractivity contribution in [2.45, 2.75) is 6.04 Å². The number of nitrogens with zero attached hydrogens (tertiary/aromatic N) is 1. The third-order valence-electron chi connectivity index (χ3n) is 1.83. The quantitative estimate of drug-likeness (QED) is 0.512. The van der Waals surface area contributed by atoms with Gasteiger partial charge in [0, 0.05) is 0 Å². The van der Waals surface area contributed by atoms with Crippen molar-refractivity contribution in [1.82, 2.24) is 10.2 Å². The van der Waals surface area contributed by atoms with E-state index in [0.717, 1.165) is 4.90 Å².